The zero-order valence-electron chi connectivity index (χ0n) is 12.3. The van der Waals surface area contributed by atoms with Crippen LogP contribution in [-0.2, 0) is 4.79 Å². The van der Waals surface area contributed by atoms with Gasteiger partial charge in [0, 0.05) is 33.3 Å². The molecule has 0 radical (unpaired) electrons. The molecule has 1 fully saturated rings. The number of aromatic nitrogens is 1. The molecule has 0 bridgehead atoms. The molecule has 1 amide bonds. The van der Waals surface area contributed by atoms with E-state index in [0.717, 1.165) is 30.9 Å². The van der Waals surface area contributed by atoms with Gasteiger partial charge >= 0.3 is 0 Å². The normalized spacial score (nSPS) is 19.4. The van der Waals surface area contributed by atoms with Gasteiger partial charge in [-0.25, -0.2) is 4.98 Å². The smallest absolute Gasteiger partial charge is 0.219 e. The van der Waals surface area contributed by atoms with Gasteiger partial charge < -0.3 is 9.80 Å². The summed E-state index contributed by atoms with van der Waals surface area (Å²) in [5.41, 5.74) is 2.23. The Morgan fingerprint density at radius 3 is 2.68 bits per heavy atom. The van der Waals surface area contributed by atoms with Crippen LogP contribution in [0.25, 0.3) is 0 Å². The molecule has 0 aliphatic carbocycles. The first kappa shape index (κ1) is 13.8. The molecule has 0 N–H and O–H groups in total. The Morgan fingerprint density at radius 2 is 2.11 bits per heavy atom. The van der Waals surface area contributed by atoms with E-state index in [1.807, 2.05) is 36.9 Å². The predicted molar refractivity (Wildman–Crippen MR) is 77.3 cm³/mol. The molecular weight excluding hydrogens is 238 g/mol. The summed E-state index contributed by atoms with van der Waals surface area (Å²) in [6.45, 7) is 4.57. The van der Waals surface area contributed by atoms with E-state index in [9.17, 15) is 4.79 Å². The van der Waals surface area contributed by atoms with Crippen LogP contribution in [0.4, 0.5) is 5.82 Å². The van der Waals surface area contributed by atoms with E-state index in [0.29, 0.717) is 0 Å². The number of rotatable bonds is 2. The molecule has 2 rings (SSSR count). The van der Waals surface area contributed by atoms with Gasteiger partial charge in [0.2, 0.25) is 5.91 Å². The first-order valence-electron chi connectivity index (χ1n) is 6.93. The molecule has 2 heterocycles. The molecule has 0 spiro atoms. The summed E-state index contributed by atoms with van der Waals surface area (Å²) >= 11 is 0. The number of hydrogen-bond acceptors (Lipinski definition) is 3. The van der Waals surface area contributed by atoms with Crippen molar-refractivity contribution in [2.75, 3.05) is 25.5 Å². The topological polar surface area (TPSA) is 36.4 Å². The van der Waals surface area contributed by atoms with Crippen LogP contribution >= 0.6 is 0 Å². The maximum Gasteiger partial charge on any atom is 0.219 e. The molecule has 4 heteroatoms. The highest BCUT2D eigenvalue weighted by Gasteiger charge is 2.27. The third-order valence-electron chi connectivity index (χ3n) is 3.84. The van der Waals surface area contributed by atoms with E-state index in [4.69, 9.17) is 0 Å². The van der Waals surface area contributed by atoms with E-state index in [2.05, 4.69) is 11.1 Å². The molecule has 1 saturated heterocycles. The molecule has 1 aromatic rings. The van der Waals surface area contributed by atoms with Gasteiger partial charge in [-0.05, 0) is 37.8 Å². The van der Waals surface area contributed by atoms with Crippen molar-refractivity contribution in [1.82, 2.24) is 9.88 Å². The van der Waals surface area contributed by atoms with Gasteiger partial charge in [0.1, 0.15) is 5.82 Å². The Kier molecular flexibility index (Phi) is 4.08. The molecule has 1 aliphatic rings. The molecule has 1 unspecified atom stereocenters. The Bertz CT molecular complexity index is 470. The average molecular weight is 261 g/mol. The zero-order valence-corrected chi connectivity index (χ0v) is 12.3. The van der Waals surface area contributed by atoms with Crippen molar-refractivity contribution < 1.29 is 4.79 Å². The van der Waals surface area contributed by atoms with Crippen LogP contribution in [0.5, 0.6) is 0 Å². The van der Waals surface area contributed by atoms with Crippen molar-refractivity contribution in [2.45, 2.75) is 39.2 Å². The summed E-state index contributed by atoms with van der Waals surface area (Å²) in [5.74, 6) is 1.13. The molecule has 19 heavy (non-hydrogen) atoms. The highest BCUT2D eigenvalue weighted by atomic mass is 16.2. The summed E-state index contributed by atoms with van der Waals surface area (Å²) in [4.78, 5) is 20.4. The first-order valence-corrected chi connectivity index (χ1v) is 6.93. The number of hydrogen-bond donors (Lipinski definition) is 0. The second kappa shape index (κ2) is 5.59. The summed E-state index contributed by atoms with van der Waals surface area (Å²) in [6, 6.07) is 4.37. The Hall–Kier alpha value is -1.58. The third-order valence-corrected chi connectivity index (χ3v) is 3.84. The molecule has 1 aromatic heterocycles. The zero-order chi connectivity index (χ0) is 14.0. The van der Waals surface area contributed by atoms with E-state index in [-0.39, 0.29) is 11.9 Å². The highest BCUT2D eigenvalue weighted by molar-refractivity contribution is 5.74. The minimum absolute atomic E-state index is 0.167. The minimum Gasteiger partial charge on any atom is -0.363 e. The van der Waals surface area contributed by atoms with Crippen molar-refractivity contribution in [3.05, 3.63) is 23.4 Å². The quantitative estimate of drug-likeness (QED) is 0.821. The summed E-state index contributed by atoms with van der Waals surface area (Å²) in [5, 5.41) is 0. The predicted octanol–water partition coefficient (Wildman–Crippen LogP) is 2.53. The van der Waals surface area contributed by atoms with Crippen molar-refractivity contribution in [3.8, 4) is 0 Å². The van der Waals surface area contributed by atoms with E-state index >= 15 is 0 Å². The maximum atomic E-state index is 11.8. The van der Waals surface area contributed by atoms with Gasteiger partial charge in [0.25, 0.3) is 0 Å². The van der Waals surface area contributed by atoms with Crippen LogP contribution in [0.3, 0.4) is 0 Å². The largest absolute Gasteiger partial charge is 0.363 e. The molecule has 1 aliphatic heterocycles. The van der Waals surface area contributed by atoms with Crippen molar-refractivity contribution in [2.24, 2.45) is 0 Å². The summed E-state index contributed by atoms with van der Waals surface area (Å²) in [7, 11) is 3.98. The van der Waals surface area contributed by atoms with Crippen LogP contribution in [0.1, 0.15) is 43.5 Å². The fraction of sp³-hybridized carbons (Fsp3) is 0.600. The first-order chi connectivity index (χ1) is 9.00. The number of carbonyl (C=O) groups is 1. The van der Waals surface area contributed by atoms with Gasteiger partial charge in [0.15, 0.2) is 0 Å². The molecule has 1 atom stereocenters. The Morgan fingerprint density at radius 1 is 1.37 bits per heavy atom. The van der Waals surface area contributed by atoms with Gasteiger partial charge in [0.05, 0.1) is 6.04 Å². The third kappa shape index (κ3) is 2.88. The lowest BCUT2D eigenvalue weighted by Gasteiger charge is -2.36. The van der Waals surface area contributed by atoms with Crippen LogP contribution in [0.15, 0.2) is 12.1 Å². The number of aryl methyl sites for hydroxylation is 1. The molecule has 4 nitrogen and oxygen atoms in total. The van der Waals surface area contributed by atoms with Gasteiger partial charge in [-0.3, -0.25) is 4.79 Å². The van der Waals surface area contributed by atoms with Crippen LogP contribution in [0, 0.1) is 6.92 Å². The second-order valence-corrected chi connectivity index (χ2v) is 5.46. The molecule has 0 saturated carbocycles. The number of amides is 1. The lowest BCUT2D eigenvalue weighted by molar-refractivity contribution is -0.132. The second-order valence-electron chi connectivity index (χ2n) is 5.46. The number of piperidine rings is 1. The van der Waals surface area contributed by atoms with E-state index in [1.54, 1.807) is 6.92 Å². The molecular formula is C15H23N3O. The fourth-order valence-electron chi connectivity index (χ4n) is 2.79. The van der Waals surface area contributed by atoms with Gasteiger partial charge in [-0.15, -0.1) is 0 Å². The minimum atomic E-state index is 0.167. The number of likely N-dealkylation sites (tertiary alicyclic amines) is 1. The summed E-state index contributed by atoms with van der Waals surface area (Å²) < 4.78 is 0. The highest BCUT2D eigenvalue weighted by Crippen LogP contribution is 2.32. The maximum absolute atomic E-state index is 11.8. The van der Waals surface area contributed by atoms with Crippen LogP contribution in [0.2, 0.25) is 0 Å². The monoisotopic (exact) mass is 261 g/mol. The molecule has 104 valence electrons. The number of pyridine rings is 1. The number of carbonyl (C=O) groups excluding carboxylic acids is 1. The average Bonchev–Trinajstić information content (AvgIpc) is 2.38. The SMILES string of the molecule is CC(=O)N1CCCCC1c1ccc(N(C)C)nc1C. The van der Waals surface area contributed by atoms with Crippen molar-refractivity contribution in [3.63, 3.8) is 0 Å². The standard InChI is InChI=1S/C15H23N3O/c1-11-13(8-9-15(16-11)17(3)4)14-7-5-6-10-18(14)12(2)19/h8-9,14H,5-7,10H2,1-4H3. The van der Waals surface area contributed by atoms with Crippen LogP contribution in [-0.4, -0.2) is 36.4 Å². The number of nitrogens with zero attached hydrogens (tertiary/aromatic N) is 3. The van der Waals surface area contributed by atoms with Gasteiger partial charge in [-0.2, -0.15) is 0 Å². The Balaban J connectivity index is 2.31. The van der Waals surface area contributed by atoms with E-state index < -0.39 is 0 Å². The fourth-order valence-corrected chi connectivity index (χ4v) is 2.79. The van der Waals surface area contributed by atoms with Crippen molar-refractivity contribution >= 4 is 11.7 Å². The van der Waals surface area contributed by atoms with E-state index in [1.165, 1.54) is 12.0 Å². The van der Waals surface area contributed by atoms with Crippen molar-refractivity contribution in [1.29, 1.82) is 0 Å². The lowest BCUT2D eigenvalue weighted by Crippen LogP contribution is -2.37. The Labute approximate surface area is 115 Å². The molecule has 0 aromatic carbocycles. The van der Waals surface area contributed by atoms with Crippen LogP contribution < -0.4 is 4.90 Å². The van der Waals surface area contributed by atoms with Gasteiger partial charge in [-0.1, -0.05) is 6.07 Å². The summed E-state index contributed by atoms with van der Waals surface area (Å²) in [6.07, 6.45) is 3.34. The number of anilines is 1. The lowest BCUT2D eigenvalue weighted by atomic mass is 9.94.